The highest BCUT2D eigenvalue weighted by molar-refractivity contribution is 7.12. The molecule has 0 aliphatic carbocycles. The first-order chi connectivity index (χ1) is 10.6. The lowest BCUT2D eigenvalue weighted by Crippen LogP contribution is -2.32. The fourth-order valence-electron chi connectivity index (χ4n) is 1.37. The fraction of sp³-hybridized carbons (Fsp3) is 0.0769. The van der Waals surface area contributed by atoms with Crippen molar-refractivity contribution in [2.75, 3.05) is 12.4 Å². The van der Waals surface area contributed by atoms with Gasteiger partial charge in [-0.25, -0.2) is 10.4 Å². The first kappa shape index (κ1) is 15.6. The van der Waals surface area contributed by atoms with Gasteiger partial charge in [-0.2, -0.15) is 9.49 Å². The highest BCUT2D eigenvalue weighted by atomic mass is 32.1. The summed E-state index contributed by atoms with van der Waals surface area (Å²) in [5.74, 6) is -1.47. The van der Waals surface area contributed by atoms with Crippen LogP contribution in [0.2, 0.25) is 0 Å². The number of pyridine rings is 1. The van der Waals surface area contributed by atoms with Crippen LogP contribution < -0.4 is 15.5 Å². The van der Waals surface area contributed by atoms with E-state index in [0.29, 0.717) is 16.4 Å². The molecule has 0 atom stereocenters. The predicted octanol–water partition coefficient (Wildman–Crippen LogP) is 1.38. The molecule has 0 bridgehead atoms. The average molecular weight is 322 g/mol. The number of hydrogen-bond acceptors (Lipinski definition) is 6. The van der Waals surface area contributed by atoms with E-state index in [1.165, 1.54) is 43.8 Å². The van der Waals surface area contributed by atoms with Gasteiger partial charge in [0.15, 0.2) is 5.13 Å². The molecule has 0 aromatic carbocycles. The number of ether oxygens (including phenoxy) is 1. The van der Waals surface area contributed by atoms with E-state index in [2.05, 4.69) is 15.4 Å². The number of thiophene rings is 1. The second-order valence-corrected chi connectivity index (χ2v) is 4.95. The van der Waals surface area contributed by atoms with Crippen LogP contribution in [0.4, 0.5) is 10.1 Å². The molecule has 0 unspecified atom stereocenters. The summed E-state index contributed by atoms with van der Waals surface area (Å²) in [4.78, 5) is 27.5. The van der Waals surface area contributed by atoms with Crippen molar-refractivity contribution in [3.05, 3.63) is 40.5 Å². The third kappa shape index (κ3) is 4.35. The van der Waals surface area contributed by atoms with E-state index < -0.39 is 11.8 Å². The normalized spacial score (nSPS) is 10.5. The highest BCUT2D eigenvalue weighted by Crippen LogP contribution is 2.12. The van der Waals surface area contributed by atoms with Crippen LogP contribution in [0.15, 0.2) is 35.6 Å². The van der Waals surface area contributed by atoms with Crippen LogP contribution in [0.5, 0.6) is 5.88 Å². The molecule has 2 aromatic rings. The second-order valence-electron chi connectivity index (χ2n) is 3.88. The van der Waals surface area contributed by atoms with Gasteiger partial charge in [-0.05, 0) is 18.2 Å². The molecule has 7 nitrogen and oxygen atoms in total. The lowest BCUT2D eigenvalue weighted by Gasteiger charge is -2.04. The molecule has 0 saturated heterocycles. The van der Waals surface area contributed by atoms with Gasteiger partial charge in [-0.15, -0.1) is 11.3 Å². The smallest absolute Gasteiger partial charge is 0.329 e. The number of aromatic nitrogens is 1. The largest absolute Gasteiger partial charge is 0.481 e. The zero-order valence-corrected chi connectivity index (χ0v) is 12.2. The van der Waals surface area contributed by atoms with Crippen molar-refractivity contribution in [2.24, 2.45) is 5.10 Å². The molecule has 0 fully saturated rings. The van der Waals surface area contributed by atoms with E-state index in [-0.39, 0.29) is 5.13 Å². The predicted molar refractivity (Wildman–Crippen MR) is 79.4 cm³/mol. The molecule has 2 rings (SSSR count). The maximum atomic E-state index is 12.7. The fourth-order valence-corrected chi connectivity index (χ4v) is 1.97. The van der Waals surface area contributed by atoms with E-state index in [9.17, 15) is 14.0 Å². The molecule has 9 heteroatoms. The standard InChI is InChI=1S/C13H11FN4O3S/c1-21-11-5-2-8(6-15-11)17-12(19)13(20)18-16-7-9-3-4-10(14)22-9/h2-7H,1H3,(H,17,19)(H,18,20)/b16-7+. The number of methoxy groups -OCH3 is 1. The first-order valence-electron chi connectivity index (χ1n) is 5.98. The van der Waals surface area contributed by atoms with Crippen molar-refractivity contribution in [2.45, 2.75) is 0 Å². The first-order valence-corrected chi connectivity index (χ1v) is 6.80. The van der Waals surface area contributed by atoms with Gasteiger partial charge in [0.05, 0.1) is 30.1 Å². The number of amides is 2. The summed E-state index contributed by atoms with van der Waals surface area (Å²) in [5, 5.41) is 5.55. The summed E-state index contributed by atoms with van der Waals surface area (Å²) in [6.45, 7) is 0. The summed E-state index contributed by atoms with van der Waals surface area (Å²) >= 11 is 0.866. The number of nitrogens with one attached hydrogen (secondary N) is 2. The van der Waals surface area contributed by atoms with Gasteiger partial charge in [-0.1, -0.05) is 0 Å². The quantitative estimate of drug-likeness (QED) is 0.505. The Morgan fingerprint density at radius 2 is 2.14 bits per heavy atom. The van der Waals surface area contributed by atoms with Gasteiger partial charge in [0, 0.05) is 6.07 Å². The van der Waals surface area contributed by atoms with Crippen LogP contribution in [0.3, 0.4) is 0 Å². The Balaban J connectivity index is 1.86. The van der Waals surface area contributed by atoms with Gasteiger partial charge in [-0.3, -0.25) is 9.59 Å². The van der Waals surface area contributed by atoms with Crippen LogP contribution in [0.1, 0.15) is 4.88 Å². The van der Waals surface area contributed by atoms with Crippen LogP contribution >= 0.6 is 11.3 Å². The summed E-state index contributed by atoms with van der Waals surface area (Å²) in [5.41, 5.74) is 2.38. The lowest BCUT2D eigenvalue weighted by atomic mass is 10.4. The number of hydrogen-bond donors (Lipinski definition) is 2. The van der Waals surface area contributed by atoms with E-state index in [0.717, 1.165) is 11.3 Å². The Morgan fingerprint density at radius 3 is 2.73 bits per heavy atom. The molecule has 22 heavy (non-hydrogen) atoms. The lowest BCUT2D eigenvalue weighted by molar-refractivity contribution is -0.136. The maximum absolute atomic E-state index is 12.7. The summed E-state index contributed by atoms with van der Waals surface area (Å²) in [6.07, 6.45) is 2.59. The molecular formula is C13H11FN4O3S. The number of carbonyl (C=O) groups excluding carboxylic acids is 2. The molecule has 114 valence electrons. The van der Waals surface area contributed by atoms with Gasteiger partial charge in [0.2, 0.25) is 5.88 Å². The van der Waals surface area contributed by atoms with E-state index in [1.54, 1.807) is 0 Å². The molecule has 2 aromatic heterocycles. The van der Waals surface area contributed by atoms with Gasteiger partial charge in [0.1, 0.15) is 0 Å². The van der Waals surface area contributed by atoms with Gasteiger partial charge < -0.3 is 10.1 Å². The Hall–Kier alpha value is -2.81. The third-order valence-electron chi connectivity index (χ3n) is 2.36. The van der Waals surface area contributed by atoms with Crippen LogP contribution in [0.25, 0.3) is 0 Å². The topological polar surface area (TPSA) is 92.7 Å². The Labute approximate surface area is 128 Å². The molecule has 2 heterocycles. The number of rotatable bonds is 4. The van der Waals surface area contributed by atoms with Crippen molar-refractivity contribution in [3.63, 3.8) is 0 Å². The van der Waals surface area contributed by atoms with Crippen LogP contribution in [0, 0.1) is 5.13 Å². The molecule has 0 spiro atoms. The summed E-state index contributed by atoms with van der Waals surface area (Å²) < 4.78 is 17.6. The number of carbonyl (C=O) groups is 2. The van der Waals surface area contributed by atoms with Gasteiger partial charge in [0.25, 0.3) is 0 Å². The molecular weight excluding hydrogens is 311 g/mol. The molecule has 0 aliphatic rings. The van der Waals surface area contributed by atoms with E-state index in [1.807, 2.05) is 5.43 Å². The molecule has 0 radical (unpaired) electrons. The minimum atomic E-state index is -0.955. The van der Waals surface area contributed by atoms with Crippen LogP contribution in [-0.2, 0) is 9.59 Å². The van der Waals surface area contributed by atoms with Crippen molar-refractivity contribution >= 4 is 35.1 Å². The van der Waals surface area contributed by atoms with Crippen molar-refractivity contribution in [1.82, 2.24) is 10.4 Å². The summed E-state index contributed by atoms with van der Waals surface area (Å²) in [7, 11) is 1.46. The molecule has 2 amide bonds. The second kappa shape index (κ2) is 7.27. The van der Waals surface area contributed by atoms with Gasteiger partial charge >= 0.3 is 11.8 Å². The van der Waals surface area contributed by atoms with E-state index in [4.69, 9.17) is 4.74 Å². The third-order valence-corrected chi connectivity index (χ3v) is 3.17. The highest BCUT2D eigenvalue weighted by Gasteiger charge is 2.13. The Morgan fingerprint density at radius 1 is 1.32 bits per heavy atom. The molecule has 0 saturated carbocycles. The number of nitrogens with zero attached hydrogens (tertiary/aromatic N) is 2. The van der Waals surface area contributed by atoms with Crippen molar-refractivity contribution in [3.8, 4) is 5.88 Å². The summed E-state index contributed by atoms with van der Waals surface area (Å²) in [6, 6.07) is 5.85. The molecule has 2 N–H and O–H groups in total. The minimum absolute atomic E-state index is 0.338. The minimum Gasteiger partial charge on any atom is -0.481 e. The average Bonchev–Trinajstić information content (AvgIpc) is 2.93. The van der Waals surface area contributed by atoms with Crippen molar-refractivity contribution < 1.29 is 18.7 Å². The zero-order chi connectivity index (χ0) is 15.9. The van der Waals surface area contributed by atoms with Crippen molar-refractivity contribution in [1.29, 1.82) is 0 Å². The monoisotopic (exact) mass is 322 g/mol. The molecule has 0 aliphatic heterocycles. The SMILES string of the molecule is COc1ccc(NC(=O)C(=O)N/N=C/c2ccc(F)s2)cn1. The number of anilines is 1. The Kier molecular flexibility index (Phi) is 5.15. The maximum Gasteiger partial charge on any atom is 0.329 e. The number of halogens is 1. The number of hydrazone groups is 1. The zero-order valence-electron chi connectivity index (χ0n) is 11.4. The van der Waals surface area contributed by atoms with E-state index >= 15 is 0 Å². The Bertz CT molecular complexity index is 700. The van der Waals surface area contributed by atoms with Crippen LogP contribution in [-0.4, -0.2) is 30.1 Å².